The Morgan fingerprint density at radius 1 is 1.29 bits per heavy atom. The van der Waals surface area contributed by atoms with Gasteiger partial charge in [-0.05, 0) is 35.9 Å². The standard InChI is InChI=1S/C15H13ClN6O2/c16-15-22-12(8-24-15)14(23)21-9-3-5-18-10(6-9)7-20-11-2-1-4-19-13(11)17/h1-6,8,20H,7H2,(H2,17,19)(H,18,21,23). The van der Waals surface area contributed by atoms with Crippen LogP contribution in [0.15, 0.2) is 47.3 Å². The predicted octanol–water partition coefficient (Wildman–Crippen LogP) is 2.56. The summed E-state index contributed by atoms with van der Waals surface area (Å²) in [5.41, 5.74) is 7.87. The highest BCUT2D eigenvalue weighted by Gasteiger charge is 2.12. The predicted molar refractivity (Wildman–Crippen MR) is 89.7 cm³/mol. The van der Waals surface area contributed by atoms with E-state index in [0.717, 1.165) is 0 Å². The number of nitrogen functional groups attached to an aromatic ring is 1. The summed E-state index contributed by atoms with van der Waals surface area (Å²) >= 11 is 5.55. The van der Waals surface area contributed by atoms with E-state index in [2.05, 4.69) is 25.6 Å². The van der Waals surface area contributed by atoms with E-state index in [1.165, 1.54) is 6.26 Å². The highest BCUT2D eigenvalue weighted by atomic mass is 35.5. The Kier molecular flexibility index (Phi) is 4.57. The Hall–Kier alpha value is -3.13. The number of halogens is 1. The first-order valence-electron chi connectivity index (χ1n) is 6.93. The van der Waals surface area contributed by atoms with Gasteiger partial charge in [-0.2, -0.15) is 4.98 Å². The molecular weight excluding hydrogens is 332 g/mol. The summed E-state index contributed by atoms with van der Waals surface area (Å²) in [4.78, 5) is 24.0. The average Bonchev–Trinajstić information content (AvgIpc) is 3.01. The van der Waals surface area contributed by atoms with E-state index in [1.54, 1.807) is 30.6 Å². The number of nitrogens with zero attached hydrogens (tertiary/aromatic N) is 3. The molecule has 0 unspecified atom stereocenters. The molecular formula is C15H13ClN6O2. The van der Waals surface area contributed by atoms with Gasteiger partial charge < -0.3 is 20.8 Å². The van der Waals surface area contributed by atoms with Crippen LogP contribution in [0.25, 0.3) is 0 Å². The molecule has 0 fully saturated rings. The maximum Gasteiger partial charge on any atom is 0.292 e. The van der Waals surface area contributed by atoms with Crippen molar-refractivity contribution in [2.45, 2.75) is 6.54 Å². The second kappa shape index (κ2) is 6.97. The molecule has 0 spiro atoms. The molecule has 0 saturated heterocycles. The van der Waals surface area contributed by atoms with Gasteiger partial charge in [-0.15, -0.1) is 0 Å². The van der Waals surface area contributed by atoms with Crippen LogP contribution in [0, 0.1) is 0 Å². The minimum Gasteiger partial charge on any atom is -0.435 e. The van der Waals surface area contributed by atoms with E-state index in [1.807, 2.05) is 6.07 Å². The fourth-order valence-corrected chi connectivity index (χ4v) is 2.09. The minimum absolute atomic E-state index is 0.0890. The maximum absolute atomic E-state index is 12.0. The van der Waals surface area contributed by atoms with Crippen LogP contribution in [-0.2, 0) is 6.54 Å². The van der Waals surface area contributed by atoms with E-state index < -0.39 is 5.91 Å². The van der Waals surface area contributed by atoms with Crippen molar-refractivity contribution in [3.8, 4) is 0 Å². The van der Waals surface area contributed by atoms with Crippen molar-refractivity contribution in [2.24, 2.45) is 0 Å². The van der Waals surface area contributed by atoms with Crippen molar-refractivity contribution in [2.75, 3.05) is 16.4 Å². The van der Waals surface area contributed by atoms with Crippen LogP contribution in [0.5, 0.6) is 0 Å². The number of oxazole rings is 1. The Bertz CT molecular complexity index is 866. The first-order chi connectivity index (χ1) is 11.6. The summed E-state index contributed by atoms with van der Waals surface area (Å²) in [5, 5.41) is 5.74. The first-order valence-corrected chi connectivity index (χ1v) is 7.31. The largest absolute Gasteiger partial charge is 0.435 e. The molecule has 0 saturated carbocycles. The summed E-state index contributed by atoms with van der Waals surface area (Å²) in [6.07, 6.45) is 4.40. The molecule has 0 aliphatic carbocycles. The molecule has 3 heterocycles. The third kappa shape index (κ3) is 3.79. The molecule has 0 aliphatic rings. The van der Waals surface area contributed by atoms with Crippen LogP contribution < -0.4 is 16.4 Å². The number of hydrogen-bond acceptors (Lipinski definition) is 7. The second-order valence-corrected chi connectivity index (χ2v) is 5.09. The molecule has 8 nitrogen and oxygen atoms in total. The summed E-state index contributed by atoms with van der Waals surface area (Å²) in [5.74, 6) is -0.0165. The molecule has 1 amide bonds. The number of nitrogens with one attached hydrogen (secondary N) is 2. The number of anilines is 3. The number of carbonyl (C=O) groups excluding carboxylic acids is 1. The number of carbonyl (C=O) groups is 1. The van der Waals surface area contributed by atoms with E-state index in [9.17, 15) is 4.79 Å². The lowest BCUT2D eigenvalue weighted by molar-refractivity contribution is 0.102. The van der Waals surface area contributed by atoms with E-state index in [4.69, 9.17) is 21.8 Å². The molecule has 9 heteroatoms. The molecule has 0 aliphatic heterocycles. The van der Waals surface area contributed by atoms with Gasteiger partial charge in [0.15, 0.2) is 5.69 Å². The Balaban J connectivity index is 1.66. The van der Waals surface area contributed by atoms with Gasteiger partial charge in [0, 0.05) is 18.1 Å². The van der Waals surface area contributed by atoms with Crippen LogP contribution in [0.4, 0.5) is 17.2 Å². The van der Waals surface area contributed by atoms with Crippen molar-refractivity contribution in [3.63, 3.8) is 0 Å². The van der Waals surface area contributed by atoms with Crippen molar-refractivity contribution < 1.29 is 9.21 Å². The number of aromatic nitrogens is 3. The maximum atomic E-state index is 12.0. The van der Waals surface area contributed by atoms with Crippen molar-refractivity contribution in [1.82, 2.24) is 15.0 Å². The van der Waals surface area contributed by atoms with Gasteiger partial charge in [-0.3, -0.25) is 9.78 Å². The summed E-state index contributed by atoms with van der Waals surface area (Å²) in [7, 11) is 0. The van der Waals surface area contributed by atoms with Gasteiger partial charge >= 0.3 is 0 Å². The zero-order valence-electron chi connectivity index (χ0n) is 12.4. The first kappa shape index (κ1) is 15.8. The quantitative estimate of drug-likeness (QED) is 0.650. The van der Waals surface area contributed by atoms with Gasteiger partial charge in [0.2, 0.25) is 0 Å². The van der Waals surface area contributed by atoms with Gasteiger partial charge in [0.05, 0.1) is 17.9 Å². The SMILES string of the molecule is Nc1ncccc1NCc1cc(NC(=O)c2coc(Cl)n2)ccn1. The van der Waals surface area contributed by atoms with Crippen LogP contribution in [-0.4, -0.2) is 20.9 Å². The molecule has 3 rings (SSSR count). The monoisotopic (exact) mass is 344 g/mol. The lowest BCUT2D eigenvalue weighted by Gasteiger charge is -2.09. The third-order valence-corrected chi connectivity index (χ3v) is 3.26. The molecule has 0 atom stereocenters. The van der Waals surface area contributed by atoms with Gasteiger partial charge in [-0.1, -0.05) is 0 Å². The third-order valence-electron chi connectivity index (χ3n) is 3.08. The summed E-state index contributed by atoms with van der Waals surface area (Å²) in [6, 6.07) is 7.01. The van der Waals surface area contributed by atoms with Crippen molar-refractivity contribution >= 4 is 34.7 Å². The van der Waals surface area contributed by atoms with Crippen LogP contribution in [0.3, 0.4) is 0 Å². The fraction of sp³-hybridized carbons (Fsp3) is 0.0667. The Morgan fingerprint density at radius 2 is 2.17 bits per heavy atom. The fourth-order valence-electron chi connectivity index (χ4n) is 1.96. The number of amides is 1. The van der Waals surface area contributed by atoms with Crippen LogP contribution in [0.1, 0.15) is 16.2 Å². The number of hydrogen-bond donors (Lipinski definition) is 3. The second-order valence-electron chi connectivity index (χ2n) is 4.77. The lowest BCUT2D eigenvalue weighted by atomic mass is 10.3. The van der Waals surface area contributed by atoms with Crippen molar-refractivity contribution in [1.29, 1.82) is 0 Å². The number of pyridine rings is 2. The van der Waals surface area contributed by atoms with Gasteiger partial charge in [0.1, 0.15) is 12.1 Å². The van der Waals surface area contributed by atoms with E-state index in [0.29, 0.717) is 29.4 Å². The Morgan fingerprint density at radius 3 is 2.92 bits per heavy atom. The molecule has 0 radical (unpaired) electrons. The molecule has 0 aromatic carbocycles. The number of nitrogens with two attached hydrogens (primary N) is 1. The molecule has 0 bridgehead atoms. The van der Waals surface area contributed by atoms with Gasteiger partial charge in [0.25, 0.3) is 11.3 Å². The average molecular weight is 345 g/mol. The Labute approximate surface area is 142 Å². The van der Waals surface area contributed by atoms with E-state index in [-0.39, 0.29) is 11.0 Å². The number of rotatable bonds is 5. The molecule has 3 aromatic heterocycles. The van der Waals surface area contributed by atoms with E-state index >= 15 is 0 Å². The minimum atomic E-state index is -0.424. The molecule has 4 N–H and O–H groups in total. The lowest BCUT2D eigenvalue weighted by Crippen LogP contribution is -2.13. The summed E-state index contributed by atoms with van der Waals surface area (Å²) < 4.78 is 4.80. The zero-order valence-corrected chi connectivity index (χ0v) is 13.1. The smallest absolute Gasteiger partial charge is 0.292 e. The highest BCUT2D eigenvalue weighted by Crippen LogP contribution is 2.16. The van der Waals surface area contributed by atoms with Crippen molar-refractivity contribution in [3.05, 3.63) is 59.7 Å². The van der Waals surface area contributed by atoms with Gasteiger partial charge in [-0.25, -0.2) is 4.98 Å². The topological polar surface area (TPSA) is 119 Å². The summed E-state index contributed by atoms with van der Waals surface area (Å²) in [6.45, 7) is 0.426. The molecule has 122 valence electrons. The molecule has 24 heavy (non-hydrogen) atoms. The highest BCUT2D eigenvalue weighted by molar-refractivity contribution is 6.28. The molecule has 3 aromatic rings. The van der Waals surface area contributed by atoms with Crippen LogP contribution in [0.2, 0.25) is 5.35 Å². The zero-order chi connectivity index (χ0) is 16.9. The normalized spacial score (nSPS) is 10.4. The van der Waals surface area contributed by atoms with Crippen LogP contribution >= 0.6 is 11.6 Å².